The zero-order chi connectivity index (χ0) is 18.7. The Kier molecular flexibility index (Phi) is 5.23. The molecule has 2 N–H and O–H groups in total. The van der Waals surface area contributed by atoms with Gasteiger partial charge in [0.1, 0.15) is 0 Å². The number of benzene rings is 2. The van der Waals surface area contributed by atoms with Crippen LogP contribution >= 0.6 is 0 Å². The summed E-state index contributed by atoms with van der Waals surface area (Å²) in [6, 6.07) is 13.9. The average Bonchev–Trinajstić information content (AvgIpc) is 2.94. The lowest BCUT2D eigenvalue weighted by Gasteiger charge is -2.10. The van der Waals surface area contributed by atoms with Gasteiger partial charge in [0.2, 0.25) is 0 Å². The molecule has 6 heteroatoms. The van der Waals surface area contributed by atoms with E-state index in [0.29, 0.717) is 18.8 Å². The molecule has 3 rings (SSSR count). The first-order valence-electron chi connectivity index (χ1n) is 8.76. The minimum atomic E-state index is -0.651. The highest BCUT2D eigenvalue weighted by Gasteiger charge is 2.15. The Balaban J connectivity index is 1.82. The Bertz CT molecular complexity index is 959. The van der Waals surface area contributed by atoms with Crippen LogP contribution in [0.5, 0.6) is 0 Å². The van der Waals surface area contributed by atoms with E-state index in [-0.39, 0.29) is 0 Å². The highest BCUT2D eigenvalue weighted by molar-refractivity contribution is 6.39. The van der Waals surface area contributed by atoms with Crippen LogP contribution < -0.4 is 10.6 Å². The van der Waals surface area contributed by atoms with Gasteiger partial charge >= 0.3 is 11.8 Å². The van der Waals surface area contributed by atoms with Crippen LogP contribution in [0.1, 0.15) is 6.92 Å². The number of carbonyl (C=O) groups is 2. The molecule has 6 nitrogen and oxygen atoms in total. The first-order chi connectivity index (χ1) is 12.5. The van der Waals surface area contributed by atoms with Crippen molar-refractivity contribution in [3.05, 3.63) is 42.5 Å². The second-order valence-corrected chi connectivity index (χ2v) is 6.51. The predicted molar refractivity (Wildman–Crippen MR) is 105 cm³/mol. The van der Waals surface area contributed by atoms with Crippen molar-refractivity contribution >= 4 is 39.3 Å². The lowest BCUT2D eigenvalue weighted by atomic mass is 10.1. The summed E-state index contributed by atoms with van der Waals surface area (Å²) >= 11 is 0. The van der Waals surface area contributed by atoms with Crippen molar-refractivity contribution < 1.29 is 9.59 Å². The quantitative estimate of drug-likeness (QED) is 0.693. The van der Waals surface area contributed by atoms with Crippen LogP contribution in [-0.2, 0) is 16.1 Å². The summed E-state index contributed by atoms with van der Waals surface area (Å²) in [4.78, 5) is 26.0. The van der Waals surface area contributed by atoms with Gasteiger partial charge in [0.15, 0.2) is 0 Å². The van der Waals surface area contributed by atoms with E-state index in [0.717, 1.165) is 28.4 Å². The summed E-state index contributed by atoms with van der Waals surface area (Å²) < 4.78 is 2.24. The molecule has 1 heterocycles. The largest absolute Gasteiger partial charge is 0.347 e. The average molecular weight is 352 g/mol. The minimum Gasteiger partial charge on any atom is -0.347 e. The Morgan fingerprint density at radius 2 is 1.73 bits per heavy atom. The zero-order valence-corrected chi connectivity index (χ0v) is 15.4. The second-order valence-electron chi connectivity index (χ2n) is 6.51. The first kappa shape index (κ1) is 17.9. The van der Waals surface area contributed by atoms with E-state index in [9.17, 15) is 9.59 Å². The molecule has 0 saturated carbocycles. The van der Waals surface area contributed by atoms with Crippen LogP contribution in [0.3, 0.4) is 0 Å². The summed E-state index contributed by atoms with van der Waals surface area (Å²) in [7, 11) is 3.82. The van der Waals surface area contributed by atoms with Crippen LogP contribution in [0.2, 0.25) is 0 Å². The zero-order valence-electron chi connectivity index (χ0n) is 15.4. The molecule has 0 saturated heterocycles. The van der Waals surface area contributed by atoms with Gasteiger partial charge in [0.25, 0.3) is 0 Å². The molecule has 0 radical (unpaired) electrons. The molecule has 0 aliphatic carbocycles. The molecule has 0 unspecified atom stereocenters. The van der Waals surface area contributed by atoms with Gasteiger partial charge < -0.3 is 20.1 Å². The van der Waals surface area contributed by atoms with Gasteiger partial charge in [-0.15, -0.1) is 0 Å². The third-order valence-corrected chi connectivity index (χ3v) is 4.40. The number of amides is 2. The Morgan fingerprint density at radius 3 is 2.46 bits per heavy atom. The van der Waals surface area contributed by atoms with Crippen molar-refractivity contribution in [1.82, 2.24) is 14.8 Å². The van der Waals surface area contributed by atoms with E-state index < -0.39 is 11.8 Å². The maximum atomic E-state index is 12.1. The molecule has 3 aromatic rings. The predicted octanol–water partition coefficient (Wildman–Crippen LogP) is 2.43. The number of aromatic nitrogens is 1. The van der Waals surface area contributed by atoms with Crippen molar-refractivity contribution in [3.63, 3.8) is 0 Å². The summed E-state index contributed by atoms with van der Waals surface area (Å²) in [5.41, 5.74) is 2.89. The molecule has 136 valence electrons. The Hall–Kier alpha value is -2.86. The number of fused-ring (bicyclic) bond motifs is 3. The molecule has 0 aliphatic rings. The van der Waals surface area contributed by atoms with Gasteiger partial charge in [-0.3, -0.25) is 9.59 Å². The maximum Gasteiger partial charge on any atom is 0.313 e. The van der Waals surface area contributed by atoms with E-state index in [1.54, 1.807) is 0 Å². The van der Waals surface area contributed by atoms with Gasteiger partial charge in [0, 0.05) is 47.1 Å². The standard InChI is InChI=1S/C20H24N4O2/c1-4-24-17-8-6-5-7-15(17)16-13-14(9-10-18(16)24)22-20(26)19(25)21-11-12-23(2)3/h5-10,13H,4,11-12H2,1-3H3,(H,21,25)(H,22,26). The van der Waals surface area contributed by atoms with Gasteiger partial charge in [-0.2, -0.15) is 0 Å². The maximum absolute atomic E-state index is 12.1. The number of rotatable bonds is 5. The van der Waals surface area contributed by atoms with E-state index in [4.69, 9.17) is 0 Å². The molecule has 2 amide bonds. The summed E-state index contributed by atoms with van der Waals surface area (Å²) in [5, 5.41) is 7.51. The Labute approximate surface area is 152 Å². The van der Waals surface area contributed by atoms with E-state index in [1.807, 2.05) is 49.3 Å². The van der Waals surface area contributed by atoms with Gasteiger partial charge in [-0.25, -0.2) is 0 Å². The molecule has 0 bridgehead atoms. The molecule has 0 aliphatic heterocycles. The number of hydrogen-bond donors (Lipinski definition) is 2. The number of aryl methyl sites for hydroxylation is 1. The van der Waals surface area contributed by atoms with Crippen molar-refractivity contribution in [1.29, 1.82) is 0 Å². The molecule has 0 atom stereocenters. The molecule has 0 fully saturated rings. The number of hydrogen-bond acceptors (Lipinski definition) is 3. The number of likely N-dealkylation sites (N-methyl/N-ethyl adjacent to an activating group) is 1. The second kappa shape index (κ2) is 7.58. The fourth-order valence-electron chi connectivity index (χ4n) is 3.13. The third kappa shape index (κ3) is 3.55. The normalized spacial score (nSPS) is 11.2. The van der Waals surface area contributed by atoms with Crippen molar-refractivity contribution in [2.24, 2.45) is 0 Å². The lowest BCUT2D eigenvalue weighted by molar-refractivity contribution is -0.136. The molecular formula is C20H24N4O2. The number of nitrogens with one attached hydrogen (secondary N) is 2. The number of anilines is 1. The fraction of sp³-hybridized carbons (Fsp3) is 0.300. The van der Waals surface area contributed by atoms with E-state index in [2.05, 4.69) is 34.3 Å². The van der Waals surface area contributed by atoms with Crippen LogP contribution in [0.25, 0.3) is 21.8 Å². The van der Waals surface area contributed by atoms with Crippen LogP contribution in [0.15, 0.2) is 42.5 Å². The lowest BCUT2D eigenvalue weighted by Crippen LogP contribution is -2.38. The molecular weight excluding hydrogens is 328 g/mol. The van der Waals surface area contributed by atoms with Crippen LogP contribution in [0, 0.1) is 0 Å². The van der Waals surface area contributed by atoms with Gasteiger partial charge in [-0.1, -0.05) is 18.2 Å². The highest BCUT2D eigenvalue weighted by Crippen LogP contribution is 2.30. The summed E-state index contributed by atoms with van der Waals surface area (Å²) in [5.74, 6) is -1.27. The SMILES string of the molecule is CCn1c2ccccc2c2cc(NC(=O)C(=O)NCCN(C)C)ccc21. The van der Waals surface area contributed by atoms with Crippen molar-refractivity contribution in [2.45, 2.75) is 13.5 Å². The van der Waals surface area contributed by atoms with Crippen LogP contribution in [-0.4, -0.2) is 48.5 Å². The van der Waals surface area contributed by atoms with Gasteiger partial charge in [0.05, 0.1) is 0 Å². The number of para-hydroxylation sites is 1. The summed E-state index contributed by atoms with van der Waals surface area (Å²) in [6.45, 7) is 4.09. The highest BCUT2D eigenvalue weighted by atomic mass is 16.2. The molecule has 2 aromatic carbocycles. The Morgan fingerprint density at radius 1 is 1.00 bits per heavy atom. The molecule has 0 spiro atoms. The fourth-order valence-corrected chi connectivity index (χ4v) is 3.13. The van der Waals surface area contributed by atoms with Crippen molar-refractivity contribution in [2.75, 3.05) is 32.5 Å². The summed E-state index contributed by atoms with van der Waals surface area (Å²) in [6.07, 6.45) is 0. The van der Waals surface area contributed by atoms with E-state index >= 15 is 0 Å². The smallest absolute Gasteiger partial charge is 0.313 e. The molecule has 26 heavy (non-hydrogen) atoms. The number of nitrogens with zero attached hydrogens (tertiary/aromatic N) is 2. The van der Waals surface area contributed by atoms with Gasteiger partial charge in [-0.05, 0) is 45.3 Å². The van der Waals surface area contributed by atoms with Crippen molar-refractivity contribution in [3.8, 4) is 0 Å². The first-order valence-corrected chi connectivity index (χ1v) is 8.76. The molecule has 1 aromatic heterocycles. The topological polar surface area (TPSA) is 66.4 Å². The third-order valence-electron chi connectivity index (χ3n) is 4.40. The van der Waals surface area contributed by atoms with Crippen LogP contribution in [0.4, 0.5) is 5.69 Å². The minimum absolute atomic E-state index is 0.433. The van der Waals surface area contributed by atoms with E-state index in [1.165, 1.54) is 0 Å². The monoisotopic (exact) mass is 352 g/mol. The number of carbonyl (C=O) groups excluding carboxylic acids is 2.